The van der Waals surface area contributed by atoms with E-state index in [1.807, 2.05) is 42.2 Å². The molecule has 1 unspecified atom stereocenters. The molecular formula is C27H30N4O3. The van der Waals surface area contributed by atoms with Gasteiger partial charge < -0.3 is 15.0 Å². The van der Waals surface area contributed by atoms with E-state index in [4.69, 9.17) is 4.74 Å². The monoisotopic (exact) mass is 458 g/mol. The summed E-state index contributed by atoms with van der Waals surface area (Å²) in [5, 5.41) is 7.44. The van der Waals surface area contributed by atoms with Crippen molar-refractivity contribution < 1.29 is 14.3 Å². The Morgan fingerprint density at radius 2 is 1.94 bits per heavy atom. The van der Waals surface area contributed by atoms with Crippen molar-refractivity contribution >= 4 is 17.7 Å². The average Bonchev–Trinajstić information content (AvgIpc) is 3.42. The van der Waals surface area contributed by atoms with Crippen LogP contribution in [-0.4, -0.2) is 46.4 Å². The molecule has 2 aromatic carbocycles. The highest BCUT2D eigenvalue weighted by molar-refractivity contribution is 5.91. The number of ether oxygens (including phenoxy) is 1. The van der Waals surface area contributed by atoms with Crippen LogP contribution in [0.5, 0.6) is 0 Å². The van der Waals surface area contributed by atoms with Gasteiger partial charge in [-0.3, -0.25) is 0 Å². The smallest absolute Gasteiger partial charge is 0.341 e. The fourth-order valence-electron chi connectivity index (χ4n) is 5.40. The van der Waals surface area contributed by atoms with Crippen molar-refractivity contribution in [3.63, 3.8) is 0 Å². The molecule has 0 radical (unpaired) electrons. The van der Waals surface area contributed by atoms with E-state index in [0.717, 1.165) is 18.8 Å². The van der Waals surface area contributed by atoms with Crippen LogP contribution in [0.2, 0.25) is 0 Å². The molecule has 2 aliphatic rings. The van der Waals surface area contributed by atoms with E-state index in [1.54, 1.807) is 11.6 Å². The van der Waals surface area contributed by atoms with Crippen molar-refractivity contribution in [1.82, 2.24) is 14.7 Å². The SMILES string of the molecule is CCOC(=O)c1cnn(-c2cccc(NC(=O)N3CC(c4ccccc4)C4(CCC4)C3)c2)c1C. The Labute approximate surface area is 199 Å². The minimum Gasteiger partial charge on any atom is -0.462 e. The summed E-state index contributed by atoms with van der Waals surface area (Å²) in [7, 11) is 0. The molecule has 1 N–H and O–H groups in total. The van der Waals surface area contributed by atoms with Gasteiger partial charge in [0.05, 0.1) is 24.2 Å². The molecule has 2 heterocycles. The van der Waals surface area contributed by atoms with Crippen LogP contribution in [0, 0.1) is 12.3 Å². The molecule has 34 heavy (non-hydrogen) atoms. The standard InChI is InChI=1S/C27H30N4O3/c1-3-34-25(32)23-16-28-31(19(23)2)22-12-7-11-21(15-22)29-26(33)30-17-24(20-9-5-4-6-10-20)27(18-30)13-8-14-27/h4-7,9-12,15-16,24H,3,8,13-14,17-18H2,1-2H3,(H,29,33). The van der Waals surface area contributed by atoms with Crippen LogP contribution in [-0.2, 0) is 4.74 Å². The number of hydrogen-bond donors (Lipinski definition) is 1. The summed E-state index contributed by atoms with van der Waals surface area (Å²) in [5.74, 6) is -0.00445. The molecule has 1 aliphatic carbocycles. The first-order chi connectivity index (χ1) is 16.5. The number of nitrogens with zero attached hydrogens (tertiary/aromatic N) is 3. The Morgan fingerprint density at radius 1 is 1.15 bits per heavy atom. The van der Waals surface area contributed by atoms with Gasteiger partial charge in [0.25, 0.3) is 0 Å². The molecule has 2 amide bonds. The van der Waals surface area contributed by atoms with Crippen LogP contribution >= 0.6 is 0 Å². The van der Waals surface area contributed by atoms with Gasteiger partial charge in [-0.05, 0) is 55.9 Å². The molecule has 7 nitrogen and oxygen atoms in total. The van der Waals surface area contributed by atoms with Crippen LogP contribution in [0.4, 0.5) is 10.5 Å². The third-order valence-electron chi connectivity index (χ3n) is 7.33. The van der Waals surface area contributed by atoms with E-state index in [2.05, 4.69) is 34.7 Å². The third-order valence-corrected chi connectivity index (χ3v) is 7.33. The van der Waals surface area contributed by atoms with Crippen molar-refractivity contribution in [2.24, 2.45) is 5.41 Å². The number of aromatic nitrogens is 2. The Balaban J connectivity index is 1.32. The Morgan fingerprint density at radius 3 is 2.65 bits per heavy atom. The maximum Gasteiger partial charge on any atom is 0.341 e. The number of hydrogen-bond acceptors (Lipinski definition) is 4. The highest BCUT2D eigenvalue weighted by Gasteiger charge is 2.51. The summed E-state index contributed by atoms with van der Waals surface area (Å²) >= 11 is 0. The van der Waals surface area contributed by atoms with Gasteiger partial charge in [0.2, 0.25) is 0 Å². The Hall–Kier alpha value is -3.61. The number of benzene rings is 2. The van der Waals surface area contributed by atoms with Gasteiger partial charge in [0, 0.05) is 24.7 Å². The van der Waals surface area contributed by atoms with Crippen LogP contribution in [0.3, 0.4) is 0 Å². The fourth-order valence-corrected chi connectivity index (χ4v) is 5.40. The Kier molecular flexibility index (Phi) is 5.86. The second kappa shape index (κ2) is 8.97. The largest absolute Gasteiger partial charge is 0.462 e. The number of carbonyl (C=O) groups excluding carboxylic acids is 2. The molecule has 7 heteroatoms. The zero-order valence-electron chi connectivity index (χ0n) is 19.7. The second-order valence-corrected chi connectivity index (χ2v) is 9.32. The summed E-state index contributed by atoms with van der Waals surface area (Å²) in [5.41, 5.74) is 4.12. The van der Waals surface area contributed by atoms with Crippen molar-refractivity contribution in [2.75, 3.05) is 25.0 Å². The molecular weight excluding hydrogens is 428 g/mol. The van der Waals surface area contributed by atoms with Crippen LogP contribution in [0.25, 0.3) is 5.69 Å². The zero-order chi connectivity index (χ0) is 23.7. The zero-order valence-corrected chi connectivity index (χ0v) is 19.7. The van der Waals surface area contributed by atoms with Gasteiger partial charge in [0.15, 0.2) is 0 Å². The first-order valence-corrected chi connectivity index (χ1v) is 11.9. The lowest BCUT2D eigenvalue weighted by atomic mass is 9.61. The fraction of sp³-hybridized carbons (Fsp3) is 0.370. The first kappa shape index (κ1) is 22.2. The Bertz CT molecular complexity index is 1200. The summed E-state index contributed by atoms with van der Waals surface area (Å²) in [6, 6.07) is 18.0. The second-order valence-electron chi connectivity index (χ2n) is 9.32. The summed E-state index contributed by atoms with van der Waals surface area (Å²) in [6.45, 7) is 5.44. The minimum absolute atomic E-state index is 0.0775. The predicted octanol–water partition coefficient (Wildman–Crippen LogP) is 5.16. The van der Waals surface area contributed by atoms with Gasteiger partial charge in [-0.15, -0.1) is 0 Å². The highest BCUT2D eigenvalue weighted by atomic mass is 16.5. The van der Waals surface area contributed by atoms with Gasteiger partial charge in [-0.2, -0.15) is 5.10 Å². The lowest BCUT2D eigenvalue weighted by molar-refractivity contribution is 0.0525. The maximum absolute atomic E-state index is 13.2. The van der Waals surface area contributed by atoms with Crippen molar-refractivity contribution in [2.45, 2.75) is 39.0 Å². The molecule has 1 aromatic heterocycles. The van der Waals surface area contributed by atoms with E-state index >= 15 is 0 Å². The summed E-state index contributed by atoms with van der Waals surface area (Å²) in [4.78, 5) is 27.3. The van der Waals surface area contributed by atoms with Crippen molar-refractivity contribution in [1.29, 1.82) is 0 Å². The topological polar surface area (TPSA) is 76.5 Å². The van der Waals surface area contributed by atoms with E-state index in [0.29, 0.717) is 29.5 Å². The van der Waals surface area contributed by atoms with Crippen molar-refractivity contribution in [3.05, 3.63) is 77.6 Å². The number of urea groups is 1. The van der Waals surface area contributed by atoms with E-state index in [-0.39, 0.29) is 17.4 Å². The molecule has 176 valence electrons. The molecule has 3 aromatic rings. The lowest BCUT2D eigenvalue weighted by Gasteiger charge is -2.43. The third kappa shape index (κ3) is 3.95. The quantitative estimate of drug-likeness (QED) is 0.536. The average molecular weight is 459 g/mol. The number of nitrogens with one attached hydrogen (secondary N) is 1. The number of rotatable bonds is 5. The number of likely N-dealkylation sites (tertiary alicyclic amines) is 1. The van der Waals surface area contributed by atoms with Crippen LogP contribution in [0.1, 0.15) is 53.7 Å². The predicted molar refractivity (Wildman–Crippen MR) is 130 cm³/mol. The van der Waals surface area contributed by atoms with Gasteiger partial charge in [-0.25, -0.2) is 14.3 Å². The first-order valence-electron chi connectivity index (χ1n) is 11.9. The molecule has 5 rings (SSSR count). The molecule has 1 spiro atoms. The van der Waals surface area contributed by atoms with Crippen LogP contribution < -0.4 is 5.32 Å². The molecule has 1 saturated carbocycles. The summed E-state index contributed by atoms with van der Waals surface area (Å²) in [6.07, 6.45) is 5.10. The molecule has 1 aliphatic heterocycles. The maximum atomic E-state index is 13.2. The van der Waals surface area contributed by atoms with E-state index < -0.39 is 0 Å². The molecule has 1 saturated heterocycles. The number of anilines is 1. The van der Waals surface area contributed by atoms with Gasteiger partial charge in [-0.1, -0.05) is 42.8 Å². The highest BCUT2D eigenvalue weighted by Crippen LogP contribution is 2.55. The molecule has 1 atom stereocenters. The van der Waals surface area contributed by atoms with Gasteiger partial charge >= 0.3 is 12.0 Å². The van der Waals surface area contributed by atoms with Crippen molar-refractivity contribution in [3.8, 4) is 5.69 Å². The van der Waals surface area contributed by atoms with E-state index in [1.165, 1.54) is 31.0 Å². The molecule has 2 fully saturated rings. The lowest BCUT2D eigenvalue weighted by Crippen LogP contribution is -2.39. The minimum atomic E-state index is -0.386. The van der Waals surface area contributed by atoms with Gasteiger partial charge in [0.1, 0.15) is 5.56 Å². The summed E-state index contributed by atoms with van der Waals surface area (Å²) < 4.78 is 6.79. The normalized spacial score (nSPS) is 18.5. The number of carbonyl (C=O) groups is 2. The number of esters is 1. The van der Waals surface area contributed by atoms with Crippen LogP contribution in [0.15, 0.2) is 60.8 Å². The number of amides is 2. The van der Waals surface area contributed by atoms with E-state index in [9.17, 15) is 9.59 Å². The molecule has 0 bridgehead atoms.